The third-order valence-electron chi connectivity index (χ3n) is 3.29. The molecule has 1 aromatic rings. The number of nitrogens with zero attached hydrogens (tertiary/aromatic N) is 1. The lowest BCUT2D eigenvalue weighted by Crippen LogP contribution is -2.46. The summed E-state index contributed by atoms with van der Waals surface area (Å²) < 4.78 is 0. The smallest absolute Gasteiger partial charge is 0.239 e. The van der Waals surface area contributed by atoms with Gasteiger partial charge in [0.05, 0.1) is 6.04 Å². The van der Waals surface area contributed by atoms with Crippen LogP contribution in [0, 0.1) is 0 Å². The maximum atomic E-state index is 12.2. The first-order valence-electron chi connectivity index (χ1n) is 6.39. The molecule has 1 saturated heterocycles. The molecule has 3 nitrogen and oxygen atoms in total. The van der Waals surface area contributed by atoms with Gasteiger partial charge >= 0.3 is 0 Å². The Kier molecular flexibility index (Phi) is 6.63. The summed E-state index contributed by atoms with van der Waals surface area (Å²) in [5.74, 6) is 0.176. The van der Waals surface area contributed by atoms with Crippen LogP contribution >= 0.6 is 24.0 Å². The molecule has 1 aliphatic rings. The Labute approximate surface area is 125 Å². The van der Waals surface area contributed by atoms with Crippen LogP contribution in [-0.2, 0) is 11.3 Å². The summed E-state index contributed by atoms with van der Waals surface area (Å²) in [4.78, 5) is 14.0. The number of nitrogens with one attached hydrogen (secondary N) is 1. The van der Waals surface area contributed by atoms with Gasteiger partial charge < -0.3 is 10.2 Å². The van der Waals surface area contributed by atoms with Gasteiger partial charge in [-0.1, -0.05) is 30.2 Å². The molecule has 5 heteroatoms. The molecule has 2 rings (SSSR count). The van der Waals surface area contributed by atoms with E-state index in [1.807, 2.05) is 31.3 Å². The van der Waals surface area contributed by atoms with Gasteiger partial charge in [0.15, 0.2) is 0 Å². The van der Waals surface area contributed by atoms with Crippen LogP contribution in [0.2, 0.25) is 5.02 Å². The van der Waals surface area contributed by atoms with Crippen LogP contribution in [0.5, 0.6) is 0 Å². The Bertz CT molecular complexity index is 420. The van der Waals surface area contributed by atoms with E-state index >= 15 is 0 Å². The fourth-order valence-corrected chi connectivity index (χ4v) is 2.53. The molecule has 19 heavy (non-hydrogen) atoms. The second-order valence-electron chi connectivity index (χ2n) is 4.83. The summed E-state index contributed by atoms with van der Waals surface area (Å²) in [6, 6.07) is 7.64. The third kappa shape index (κ3) is 4.68. The SMILES string of the molecule is CN(Cc1cccc(Cl)c1)C(=O)[C@H]1CCCCN1.Cl. The molecule has 0 radical (unpaired) electrons. The molecule has 0 aliphatic carbocycles. The van der Waals surface area contributed by atoms with E-state index < -0.39 is 0 Å². The van der Waals surface area contributed by atoms with Gasteiger partial charge in [0.2, 0.25) is 5.91 Å². The van der Waals surface area contributed by atoms with Crippen molar-refractivity contribution in [1.82, 2.24) is 10.2 Å². The van der Waals surface area contributed by atoms with E-state index in [1.165, 1.54) is 6.42 Å². The largest absolute Gasteiger partial charge is 0.340 e. The maximum absolute atomic E-state index is 12.2. The molecular weight excluding hydrogens is 283 g/mol. The van der Waals surface area contributed by atoms with Gasteiger partial charge in [-0.3, -0.25) is 4.79 Å². The first-order valence-corrected chi connectivity index (χ1v) is 6.77. The van der Waals surface area contributed by atoms with Gasteiger partial charge in [0, 0.05) is 18.6 Å². The Morgan fingerprint density at radius 2 is 2.26 bits per heavy atom. The number of carbonyl (C=O) groups is 1. The predicted molar refractivity (Wildman–Crippen MR) is 80.8 cm³/mol. The number of piperidine rings is 1. The molecule has 1 aromatic carbocycles. The van der Waals surface area contributed by atoms with Crippen molar-refractivity contribution in [2.75, 3.05) is 13.6 Å². The Balaban J connectivity index is 0.00000180. The summed E-state index contributed by atoms with van der Waals surface area (Å²) in [7, 11) is 1.85. The van der Waals surface area contributed by atoms with Gasteiger partial charge in [-0.25, -0.2) is 0 Å². The van der Waals surface area contributed by atoms with Crippen molar-refractivity contribution in [3.05, 3.63) is 34.9 Å². The average Bonchev–Trinajstić information content (AvgIpc) is 2.39. The van der Waals surface area contributed by atoms with E-state index in [4.69, 9.17) is 11.6 Å². The molecule has 1 amide bonds. The van der Waals surface area contributed by atoms with Crippen molar-refractivity contribution < 1.29 is 4.79 Å². The monoisotopic (exact) mass is 302 g/mol. The fraction of sp³-hybridized carbons (Fsp3) is 0.500. The quantitative estimate of drug-likeness (QED) is 0.931. The molecule has 0 unspecified atom stereocenters. The highest BCUT2D eigenvalue weighted by atomic mass is 35.5. The zero-order valence-electron chi connectivity index (χ0n) is 11.1. The van der Waals surface area contributed by atoms with Crippen LogP contribution in [0.4, 0.5) is 0 Å². The van der Waals surface area contributed by atoms with Gasteiger partial charge in [-0.05, 0) is 37.1 Å². The van der Waals surface area contributed by atoms with Crippen LogP contribution in [0.3, 0.4) is 0 Å². The summed E-state index contributed by atoms with van der Waals surface area (Å²) in [5.41, 5.74) is 1.06. The van der Waals surface area contributed by atoms with E-state index in [0.717, 1.165) is 24.9 Å². The summed E-state index contributed by atoms with van der Waals surface area (Å²) >= 11 is 5.94. The molecule has 1 heterocycles. The molecule has 0 saturated carbocycles. The third-order valence-corrected chi connectivity index (χ3v) is 3.53. The summed E-state index contributed by atoms with van der Waals surface area (Å²) in [6.07, 6.45) is 3.24. The number of hydrogen-bond acceptors (Lipinski definition) is 2. The van der Waals surface area contributed by atoms with Crippen molar-refractivity contribution in [2.45, 2.75) is 31.8 Å². The topological polar surface area (TPSA) is 32.3 Å². The zero-order valence-corrected chi connectivity index (χ0v) is 12.6. The lowest BCUT2D eigenvalue weighted by Gasteiger charge is -2.27. The van der Waals surface area contributed by atoms with Crippen LogP contribution in [0.15, 0.2) is 24.3 Å². The molecule has 1 fully saturated rings. The lowest BCUT2D eigenvalue weighted by atomic mass is 10.0. The summed E-state index contributed by atoms with van der Waals surface area (Å²) in [6.45, 7) is 1.55. The Hall–Kier alpha value is -0.770. The van der Waals surface area contributed by atoms with Crippen molar-refractivity contribution >= 4 is 29.9 Å². The van der Waals surface area contributed by atoms with E-state index in [0.29, 0.717) is 11.6 Å². The molecule has 106 valence electrons. The first-order chi connectivity index (χ1) is 8.66. The fourth-order valence-electron chi connectivity index (χ4n) is 2.32. The van der Waals surface area contributed by atoms with Crippen LogP contribution in [0.1, 0.15) is 24.8 Å². The molecule has 0 aromatic heterocycles. The lowest BCUT2D eigenvalue weighted by molar-refractivity contribution is -0.133. The molecule has 0 spiro atoms. The number of rotatable bonds is 3. The van der Waals surface area contributed by atoms with Gasteiger partial charge in [0.1, 0.15) is 0 Å². The highest BCUT2D eigenvalue weighted by molar-refractivity contribution is 6.30. The Morgan fingerprint density at radius 1 is 1.47 bits per heavy atom. The highest BCUT2D eigenvalue weighted by Crippen LogP contribution is 2.14. The number of amides is 1. The minimum atomic E-state index is -0.0112. The van der Waals surface area contributed by atoms with E-state index in [9.17, 15) is 4.79 Å². The average molecular weight is 303 g/mol. The number of carbonyl (C=O) groups excluding carboxylic acids is 1. The van der Waals surface area contributed by atoms with Gasteiger partial charge in [-0.2, -0.15) is 0 Å². The minimum absolute atomic E-state index is 0. The standard InChI is InChI=1S/C14H19ClN2O.ClH/c1-17(10-11-5-4-6-12(15)9-11)14(18)13-7-2-3-8-16-13;/h4-6,9,13,16H,2-3,7-8,10H2,1H3;1H/t13-;/m1./s1. The van der Waals surface area contributed by atoms with Crippen molar-refractivity contribution in [2.24, 2.45) is 0 Å². The minimum Gasteiger partial charge on any atom is -0.340 e. The van der Waals surface area contributed by atoms with Crippen molar-refractivity contribution in [3.8, 4) is 0 Å². The van der Waals surface area contributed by atoms with Gasteiger partial charge in [0.25, 0.3) is 0 Å². The van der Waals surface area contributed by atoms with E-state index in [-0.39, 0.29) is 24.4 Å². The maximum Gasteiger partial charge on any atom is 0.239 e. The zero-order chi connectivity index (χ0) is 13.0. The van der Waals surface area contributed by atoms with Crippen LogP contribution in [0.25, 0.3) is 0 Å². The number of likely N-dealkylation sites (N-methyl/N-ethyl adjacent to an activating group) is 1. The molecule has 1 N–H and O–H groups in total. The van der Waals surface area contributed by atoms with Crippen molar-refractivity contribution in [3.63, 3.8) is 0 Å². The number of benzene rings is 1. The highest BCUT2D eigenvalue weighted by Gasteiger charge is 2.23. The molecule has 1 atom stereocenters. The molecule has 1 aliphatic heterocycles. The van der Waals surface area contributed by atoms with E-state index in [2.05, 4.69) is 5.32 Å². The summed E-state index contributed by atoms with van der Waals surface area (Å²) in [5, 5.41) is 3.99. The Morgan fingerprint density at radius 3 is 2.89 bits per heavy atom. The normalized spacial score (nSPS) is 18.5. The molecular formula is C14H20Cl2N2O. The molecule has 0 bridgehead atoms. The number of hydrogen-bond donors (Lipinski definition) is 1. The van der Waals surface area contributed by atoms with E-state index in [1.54, 1.807) is 4.90 Å². The second kappa shape index (κ2) is 7.73. The van der Waals surface area contributed by atoms with Crippen LogP contribution < -0.4 is 5.32 Å². The first kappa shape index (κ1) is 16.3. The second-order valence-corrected chi connectivity index (χ2v) is 5.26. The van der Waals surface area contributed by atoms with Gasteiger partial charge in [-0.15, -0.1) is 12.4 Å². The number of halogens is 2. The predicted octanol–water partition coefficient (Wildman–Crippen LogP) is 2.86. The van der Waals surface area contributed by atoms with Crippen molar-refractivity contribution in [1.29, 1.82) is 0 Å². The van der Waals surface area contributed by atoms with Crippen LogP contribution in [-0.4, -0.2) is 30.4 Å².